The van der Waals surface area contributed by atoms with Crippen molar-refractivity contribution in [2.45, 2.75) is 18.2 Å². The Bertz CT molecular complexity index is 921. The predicted octanol–water partition coefficient (Wildman–Crippen LogP) is 3.96. The lowest BCUT2D eigenvalue weighted by molar-refractivity contribution is 0.0607. The van der Waals surface area contributed by atoms with E-state index in [0.717, 1.165) is 17.6 Å². The van der Waals surface area contributed by atoms with Crippen LogP contribution in [0.3, 0.4) is 0 Å². The Labute approximate surface area is 159 Å². The van der Waals surface area contributed by atoms with Crippen molar-refractivity contribution in [3.05, 3.63) is 44.9 Å². The molecule has 0 saturated carbocycles. The average Bonchev–Trinajstić information content (AvgIpc) is 3.01. The van der Waals surface area contributed by atoms with Crippen LogP contribution in [-0.4, -0.2) is 33.5 Å². The molecule has 6 nitrogen and oxygen atoms in total. The highest BCUT2D eigenvalue weighted by Gasteiger charge is 2.26. The minimum atomic E-state index is -3.61. The smallest absolute Gasteiger partial charge is 0.350 e. The maximum atomic E-state index is 13.8. The van der Waals surface area contributed by atoms with E-state index >= 15 is 0 Å². The number of ether oxygens (including phenoxy) is 1. The lowest BCUT2D eigenvalue weighted by Gasteiger charge is -2.07. The Hall–Kier alpha value is -1.97. The molecule has 1 aromatic heterocycles. The summed E-state index contributed by atoms with van der Waals surface area (Å²) in [5.74, 6) is -1.36. The maximum absolute atomic E-state index is 13.8. The van der Waals surface area contributed by atoms with Crippen LogP contribution >= 0.6 is 22.9 Å². The van der Waals surface area contributed by atoms with Crippen LogP contribution < -0.4 is 5.43 Å². The first-order valence-electron chi connectivity index (χ1n) is 7.47. The summed E-state index contributed by atoms with van der Waals surface area (Å²) in [6.45, 7) is 1.73. The number of nitrogens with zero attached hydrogens (tertiary/aromatic N) is 1. The third-order valence-electron chi connectivity index (χ3n) is 3.31. The second-order valence-electron chi connectivity index (χ2n) is 5.12. The molecule has 1 N–H and O–H groups in total. The number of hydrazone groups is 1. The molecule has 0 unspecified atom stereocenters. The number of esters is 1. The molecular formula is C16H16ClFN2O4S2. The van der Waals surface area contributed by atoms with Crippen LogP contribution in [-0.2, 0) is 14.6 Å². The minimum Gasteiger partial charge on any atom is -0.465 e. The first-order chi connectivity index (χ1) is 12.3. The molecule has 0 bridgehead atoms. The minimum absolute atomic E-state index is 0.000915. The van der Waals surface area contributed by atoms with Crippen LogP contribution in [0.2, 0.25) is 5.02 Å². The van der Waals surface area contributed by atoms with Crippen LogP contribution in [0.4, 0.5) is 10.1 Å². The summed E-state index contributed by atoms with van der Waals surface area (Å²) in [5, 5.41) is 5.35. The van der Waals surface area contributed by atoms with Crippen molar-refractivity contribution in [2.24, 2.45) is 5.10 Å². The third kappa shape index (κ3) is 4.40. The second kappa shape index (κ2) is 8.61. The zero-order valence-electron chi connectivity index (χ0n) is 14.0. The van der Waals surface area contributed by atoms with Crippen molar-refractivity contribution in [3.63, 3.8) is 0 Å². The van der Waals surface area contributed by atoms with Gasteiger partial charge in [-0.05, 0) is 18.6 Å². The Morgan fingerprint density at radius 3 is 2.81 bits per heavy atom. The summed E-state index contributed by atoms with van der Waals surface area (Å²) in [6.07, 6.45) is 1.53. The molecule has 0 saturated heterocycles. The van der Waals surface area contributed by atoms with Gasteiger partial charge in [0.25, 0.3) is 0 Å². The third-order valence-corrected chi connectivity index (χ3v) is 6.68. The summed E-state index contributed by atoms with van der Waals surface area (Å²) >= 11 is 6.84. The van der Waals surface area contributed by atoms with E-state index in [0.29, 0.717) is 6.42 Å². The number of carbonyl (C=O) groups is 1. The van der Waals surface area contributed by atoms with Gasteiger partial charge in [-0.25, -0.2) is 17.6 Å². The van der Waals surface area contributed by atoms with E-state index in [2.05, 4.69) is 15.3 Å². The number of anilines is 1. The molecule has 0 aliphatic heterocycles. The van der Waals surface area contributed by atoms with E-state index in [1.807, 2.05) is 0 Å². The number of carbonyl (C=O) groups excluding carboxylic acids is 1. The van der Waals surface area contributed by atoms with Crippen molar-refractivity contribution in [1.82, 2.24) is 0 Å². The molecular weight excluding hydrogens is 403 g/mol. The van der Waals surface area contributed by atoms with Gasteiger partial charge in [-0.3, -0.25) is 5.43 Å². The summed E-state index contributed by atoms with van der Waals surface area (Å²) in [4.78, 5) is 11.9. The number of hydrogen-bond donors (Lipinski definition) is 1. The highest BCUT2D eigenvalue weighted by molar-refractivity contribution is 7.91. The fraction of sp³-hybridized carbons (Fsp3) is 0.250. The van der Waals surface area contributed by atoms with Crippen molar-refractivity contribution >= 4 is 50.6 Å². The number of benzene rings is 1. The number of thiophene rings is 1. The van der Waals surface area contributed by atoms with E-state index < -0.39 is 21.6 Å². The molecule has 2 rings (SSSR count). The molecule has 0 radical (unpaired) electrons. The Morgan fingerprint density at radius 1 is 1.46 bits per heavy atom. The van der Waals surface area contributed by atoms with E-state index in [-0.39, 0.29) is 31.8 Å². The van der Waals surface area contributed by atoms with Crippen LogP contribution in [0.15, 0.2) is 33.6 Å². The molecule has 2 aromatic rings. The highest BCUT2D eigenvalue weighted by Crippen LogP contribution is 2.33. The van der Waals surface area contributed by atoms with Gasteiger partial charge < -0.3 is 4.74 Å². The summed E-state index contributed by atoms with van der Waals surface area (Å²) in [6, 6.07) is 4.16. The SMILES string of the molecule is CCCS(=O)(=O)c1csc(C(=O)OC)c1NN=Cc1c(F)cccc1Cl. The monoisotopic (exact) mass is 418 g/mol. The van der Waals surface area contributed by atoms with Crippen molar-refractivity contribution in [3.8, 4) is 0 Å². The Kier molecular flexibility index (Phi) is 6.74. The van der Waals surface area contributed by atoms with Crippen molar-refractivity contribution in [2.75, 3.05) is 18.3 Å². The lowest BCUT2D eigenvalue weighted by Crippen LogP contribution is -2.09. The van der Waals surface area contributed by atoms with Gasteiger partial charge in [-0.1, -0.05) is 24.6 Å². The maximum Gasteiger partial charge on any atom is 0.350 e. The largest absolute Gasteiger partial charge is 0.465 e. The first-order valence-corrected chi connectivity index (χ1v) is 10.4. The molecule has 1 heterocycles. The van der Waals surface area contributed by atoms with E-state index in [1.165, 1.54) is 30.7 Å². The Balaban J connectivity index is 2.42. The van der Waals surface area contributed by atoms with Gasteiger partial charge in [0.05, 0.1) is 24.1 Å². The normalized spacial score (nSPS) is 11.7. The van der Waals surface area contributed by atoms with Gasteiger partial charge >= 0.3 is 5.97 Å². The summed E-state index contributed by atoms with van der Waals surface area (Å²) in [5.41, 5.74) is 2.55. The van der Waals surface area contributed by atoms with Crippen LogP contribution in [0.5, 0.6) is 0 Å². The number of nitrogens with one attached hydrogen (secondary N) is 1. The highest BCUT2D eigenvalue weighted by atomic mass is 35.5. The summed E-state index contributed by atoms with van der Waals surface area (Å²) < 4.78 is 43.2. The first kappa shape index (κ1) is 20.3. The molecule has 0 aliphatic rings. The van der Waals surface area contributed by atoms with Crippen molar-refractivity contribution in [1.29, 1.82) is 0 Å². The molecule has 0 spiro atoms. The lowest BCUT2D eigenvalue weighted by atomic mass is 10.2. The summed E-state index contributed by atoms with van der Waals surface area (Å²) in [7, 11) is -2.42. The van der Waals surface area contributed by atoms with Gasteiger partial charge in [0.1, 0.15) is 21.3 Å². The number of rotatable bonds is 7. The molecule has 0 atom stereocenters. The van der Waals surface area contributed by atoms with Crippen molar-refractivity contribution < 1.29 is 22.3 Å². The number of sulfone groups is 1. The van der Waals surface area contributed by atoms with Gasteiger partial charge in [0.2, 0.25) is 0 Å². The molecule has 26 heavy (non-hydrogen) atoms. The number of methoxy groups -OCH3 is 1. The zero-order chi connectivity index (χ0) is 19.3. The molecule has 1 aromatic carbocycles. The van der Waals surface area contributed by atoms with Crippen LogP contribution in [0.25, 0.3) is 0 Å². The topological polar surface area (TPSA) is 84.8 Å². The number of hydrogen-bond acceptors (Lipinski definition) is 7. The van der Waals surface area contributed by atoms with Gasteiger partial charge in [-0.15, -0.1) is 11.3 Å². The Morgan fingerprint density at radius 2 is 2.19 bits per heavy atom. The number of halogens is 2. The second-order valence-corrected chi connectivity index (χ2v) is 8.48. The average molecular weight is 419 g/mol. The molecule has 0 aliphatic carbocycles. The van der Waals surface area contributed by atoms with Gasteiger partial charge in [-0.2, -0.15) is 5.10 Å². The fourth-order valence-electron chi connectivity index (χ4n) is 2.09. The standard InChI is InChI=1S/C16H16ClFN2O4S2/c1-3-7-26(22,23)13-9-25-15(16(21)24-2)14(13)20-19-8-10-11(17)5-4-6-12(10)18/h4-6,8-9,20H,3,7H2,1-2H3. The molecule has 0 fully saturated rings. The molecule has 140 valence electrons. The molecule has 0 amide bonds. The van der Waals surface area contributed by atoms with E-state index in [4.69, 9.17) is 11.6 Å². The van der Waals surface area contributed by atoms with Gasteiger partial charge in [0.15, 0.2) is 9.84 Å². The van der Waals surface area contributed by atoms with Gasteiger partial charge in [0, 0.05) is 10.9 Å². The zero-order valence-corrected chi connectivity index (χ0v) is 16.3. The van der Waals surface area contributed by atoms with Crippen LogP contribution in [0, 0.1) is 5.82 Å². The van der Waals surface area contributed by atoms with E-state index in [9.17, 15) is 17.6 Å². The molecule has 10 heteroatoms. The van der Waals surface area contributed by atoms with Crippen LogP contribution in [0.1, 0.15) is 28.6 Å². The van der Waals surface area contributed by atoms with E-state index in [1.54, 1.807) is 6.92 Å². The fourth-order valence-corrected chi connectivity index (χ4v) is 5.11. The quantitative estimate of drug-likeness (QED) is 0.418. The predicted molar refractivity (Wildman–Crippen MR) is 101 cm³/mol.